The summed E-state index contributed by atoms with van der Waals surface area (Å²) in [6, 6.07) is -0.751. The predicted octanol–water partition coefficient (Wildman–Crippen LogP) is 2.74. The third-order valence-electron chi connectivity index (χ3n) is 3.11. The van der Waals surface area contributed by atoms with Crippen LogP contribution in [-0.2, 0) is 9.53 Å². The second kappa shape index (κ2) is 5.80. The summed E-state index contributed by atoms with van der Waals surface area (Å²) in [5.74, 6) is -0.205. The Morgan fingerprint density at radius 1 is 1.37 bits per heavy atom. The number of hydrogen-bond acceptors (Lipinski definition) is 3. The number of hydrogen-bond donors (Lipinski definition) is 1. The Labute approximate surface area is 114 Å². The van der Waals surface area contributed by atoms with E-state index in [9.17, 15) is 14.7 Å². The van der Waals surface area contributed by atoms with E-state index in [0.717, 1.165) is 6.42 Å². The monoisotopic (exact) mass is 271 g/mol. The number of carbonyl (C=O) groups excluding carboxylic acids is 1. The van der Waals surface area contributed by atoms with Crippen LogP contribution < -0.4 is 0 Å². The van der Waals surface area contributed by atoms with Crippen molar-refractivity contribution in [3.63, 3.8) is 0 Å². The van der Waals surface area contributed by atoms with Crippen LogP contribution in [0.15, 0.2) is 0 Å². The highest BCUT2D eigenvalue weighted by Gasteiger charge is 2.41. The van der Waals surface area contributed by atoms with Crippen LogP contribution in [0.4, 0.5) is 4.79 Å². The highest BCUT2D eigenvalue weighted by atomic mass is 16.6. The minimum atomic E-state index is -0.947. The lowest BCUT2D eigenvalue weighted by atomic mass is 9.95. The summed E-state index contributed by atoms with van der Waals surface area (Å²) in [6.07, 6.45) is 0.932. The van der Waals surface area contributed by atoms with Gasteiger partial charge >= 0.3 is 12.1 Å². The van der Waals surface area contributed by atoms with Crippen LogP contribution in [-0.4, -0.2) is 40.3 Å². The van der Waals surface area contributed by atoms with Crippen LogP contribution in [0.3, 0.4) is 0 Å². The molecule has 1 saturated heterocycles. The Morgan fingerprint density at radius 3 is 2.37 bits per heavy atom. The van der Waals surface area contributed by atoms with E-state index in [1.165, 1.54) is 4.90 Å². The van der Waals surface area contributed by atoms with Gasteiger partial charge in [0.2, 0.25) is 0 Å². The number of carbonyl (C=O) groups is 2. The van der Waals surface area contributed by atoms with Gasteiger partial charge in [-0.1, -0.05) is 13.8 Å². The molecule has 5 heteroatoms. The predicted molar refractivity (Wildman–Crippen MR) is 71.9 cm³/mol. The zero-order valence-electron chi connectivity index (χ0n) is 12.5. The average molecular weight is 271 g/mol. The molecule has 1 N–H and O–H groups in total. The lowest BCUT2D eigenvalue weighted by molar-refractivity contribution is -0.142. The molecule has 1 rings (SSSR count). The van der Waals surface area contributed by atoms with E-state index in [4.69, 9.17) is 4.74 Å². The summed E-state index contributed by atoms with van der Waals surface area (Å²) in [7, 11) is 0. The molecule has 0 saturated carbocycles. The van der Waals surface area contributed by atoms with E-state index in [-0.39, 0.29) is 5.92 Å². The highest BCUT2D eigenvalue weighted by Crippen LogP contribution is 2.29. The topological polar surface area (TPSA) is 66.8 Å². The first kappa shape index (κ1) is 15.8. The van der Waals surface area contributed by atoms with Crippen molar-refractivity contribution in [2.24, 2.45) is 11.8 Å². The molecule has 0 aromatic heterocycles. The Kier molecular flexibility index (Phi) is 4.82. The van der Waals surface area contributed by atoms with E-state index < -0.39 is 23.7 Å². The third-order valence-corrected chi connectivity index (χ3v) is 3.11. The van der Waals surface area contributed by atoms with Crippen LogP contribution in [0.25, 0.3) is 0 Å². The molecule has 0 aromatic rings. The standard InChI is InChI=1S/C14H25NO4/c1-9(2)6-10-7-11(12(16)17)15(8-10)13(18)19-14(3,4)5/h9-11H,6-8H2,1-5H3,(H,16,17). The van der Waals surface area contributed by atoms with E-state index in [1.54, 1.807) is 20.8 Å². The zero-order chi connectivity index (χ0) is 14.8. The Hall–Kier alpha value is -1.26. The van der Waals surface area contributed by atoms with Crippen LogP contribution in [0.2, 0.25) is 0 Å². The molecule has 1 fully saturated rings. The van der Waals surface area contributed by atoms with Crippen molar-refractivity contribution in [1.82, 2.24) is 4.90 Å². The molecule has 0 aliphatic carbocycles. The normalized spacial score (nSPS) is 23.8. The second-order valence-electron chi connectivity index (χ2n) is 6.72. The second-order valence-corrected chi connectivity index (χ2v) is 6.72. The summed E-state index contributed by atoms with van der Waals surface area (Å²) in [4.78, 5) is 24.7. The van der Waals surface area contributed by atoms with Crippen molar-refractivity contribution >= 4 is 12.1 Å². The molecule has 1 amide bonds. The molecule has 110 valence electrons. The fourth-order valence-corrected chi connectivity index (χ4v) is 2.52. The summed E-state index contributed by atoms with van der Waals surface area (Å²) in [6.45, 7) is 10.0. The Bertz CT molecular complexity index is 346. The maximum Gasteiger partial charge on any atom is 0.411 e. The number of rotatable bonds is 3. The van der Waals surface area contributed by atoms with Crippen LogP contribution in [0.1, 0.15) is 47.5 Å². The number of nitrogens with zero attached hydrogens (tertiary/aromatic N) is 1. The van der Waals surface area contributed by atoms with E-state index >= 15 is 0 Å². The molecule has 0 radical (unpaired) electrons. The molecule has 0 spiro atoms. The minimum Gasteiger partial charge on any atom is -0.480 e. The molecule has 2 unspecified atom stereocenters. The first-order valence-electron chi connectivity index (χ1n) is 6.82. The summed E-state index contributed by atoms with van der Waals surface area (Å²) < 4.78 is 5.28. The SMILES string of the molecule is CC(C)CC1CC(C(=O)O)N(C(=O)OC(C)(C)C)C1. The van der Waals surface area contributed by atoms with Crippen molar-refractivity contribution in [2.75, 3.05) is 6.54 Å². The minimum absolute atomic E-state index is 0.244. The van der Waals surface area contributed by atoms with E-state index in [1.807, 2.05) is 0 Å². The van der Waals surface area contributed by atoms with Gasteiger partial charge in [-0.2, -0.15) is 0 Å². The van der Waals surface area contributed by atoms with Gasteiger partial charge in [-0.3, -0.25) is 4.90 Å². The number of ether oxygens (including phenoxy) is 1. The highest BCUT2D eigenvalue weighted by molar-refractivity contribution is 5.80. The van der Waals surface area contributed by atoms with Gasteiger partial charge in [0.05, 0.1) is 0 Å². The summed E-state index contributed by atoms with van der Waals surface area (Å²) >= 11 is 0. The van der Waals surface area contributed by atoms with Gasteiger partial charge in [0.15, 0.2) is 0 Å². The number of carboxylic acids is 1. The van der Waals surface area contributed by atoms with Crippen LogP contribution in [0, 0.1) is 11.8 Å². The van der Waals surface area contributed by atoms with Gasteiger partial charge < -0.3 is 9.84 Å². The zero-order valence-corrected chi connectivity index (χ0v) is 12.5. The number of amides is 1. The maximum absolute atomic E-state index is 12.0. The molecule has 0 bridgehead atoms. The van der Waals surface area contributed by atoms with Gasteiger partial charge in [-0.05, 0) is 45.4 Å². The molecular formula is C14H25NO4. The molecule has 1 heterocycles. The number of aliphatic carboxylic acids is 1. The molecule has 1 aliphatic rings. The van der Waals surface area contributed by atoms with Crippen molar-refractivity contribution in [1.29, 1.82) is 0 Å². The number of carboxylic acid groups (broad SMARTS) is 1. The lowest BCUT2D eigenvalue weighted by Gasteiger charge is -2.26. The fraction of sp³-hybridized carbons (Fsp3) is 0.857. The number of likely N-dealkylation sites (tertiary alicyclic amines) is 1. The summed E-state index contributed by atoms with van der Waals surface area (Å²) in [5.41, 5.74) is -0.601. The molecule has 0 aromatic carbocycles. The van der Waals surface area contributed by atoms with Crippen molar-refractivity contribution in [2.45, 2.75) is 59.1 Å². The van der Waals surface area contributed by atoms with Crippen LogP contribution >= 0.6 is 0 Å². The lowest BCUT2D eigenvalue weighted by Crippen LogP contribution is -2.43. The molecule has 19 heavy (non-hydrogen) atoms. The Balaban J connectivity index is 2.74. The van der Waals surface area contributed by atoms with Crippen LogP contribution in [0.5, 0.6) is 0 Å². The van der Waals surface area contributed by atoms with Gasteiger partial charge in [0.25, 0.3) is 0 Å². The van der Waals surface area contributed by atoms with E-state index in [0.29, 0.717) is 18.9 Å². The van der Waals surface area contributed by atoms with Crippen molar-refractivity contribution in [3.05, 3.63) is 0 Å². The smallest absolute Gasteiger partial charge is 0.411 e. The molecule has 5 nitrogen and oxygen atoms in total. The van der Waals surface area contributed by atoms with Crippen molar-refractivity contribution in [3.8, 4) is 0 Å². The van der Waals surface area contributed by atoms with Gasteiger partial charge in [0.1, 0.15) is 11.6 Å². The molecule has 2 atom stereocenters. The average Bonchev–Trinajstić information content (AvgIpc) is 2.57. The quantitative estimate of drug-likeness (QED) is 0.857. The van der Waals surface area contributed by atoms with Crippen molar-refractivity contribution < 1.29 is 19.4 Å². The fourth-order valence-electron chi connectivity index (χ4n) is 2.52. The summed E-state index contributed by atoms with van der Waals surface area (Å²) in [5, 5.41) is 9.23. The van der Waals surface area contributed by atoms with Gasteiger partial charge in [-0.15, -0.1) is 0 Å². The molecular weight excluding hydrogens is 246 g/mol. The first-order chi connectivity index (χ1) is 8.60. The van der Waals surface area contributed by atoms with Gasteiger partial charge in [0, 0.05) is 6.54 Å². The van der Waals surface area contributed by atoms with E-state index in [2.05, 4.69) is 13.8 Å². The molecule has 1 aliphatic heterocycles. The third kappa shape index (κ3) is 4.73. The Morgan fingerprint density at radius 2 is 1.95 bits per heavy atom. The van der Waals surface area contributed by atoms with Gasteiger partial charge in [-0.25, -0.2) is 9.59 Å². The largest absolute Gasteiger partial charge is 0.480 e. The first-order valence-corrected chi connectivity index (χ1v) is 6.82. The maximum atomic E-state index is 12.0.